The maximum absolute atomic E-state index is 13.6. The summed E-state index contributed by atoms with van der Waals surface area (Å²) in [6.45, 7) is 0. The molecule has 0 saturated carbocycles. The van der Waals surface area contributed by atoms with Gasteiger partial charge in [-0.05, 0) is 24.3 Å². The maximum atomic E-state index is 13.6. The molecule has 3 aromatic rings. The zero-order valence-corrected chi connectivity index (χ0v) is 18.0. The van der Waals surface area contributed by atoms with Crippen LogP contribution >= 0.6 is 35.0 Å². The van der Waals surface area contributed by atoms with E-state index in [9.17, 15) is 14.0 Å². The van der Waals surface area contributed by atoms with E-state index in [-0.39, 0.29) is 34.7 Å². The van der Waals surface area contributed by atoms with E-state index < -0.39 is 5.82 Å². The minimum absolute atomic E-state index is 0.00459. The largest absolute Gasteiger partial charge is 0.324 e. The van der Waals surface area contributed by atoms with Gasteiger partial charge in [-0.3, -0.25) is 9.59 Å². The van der Waals surface area contributed by atoms with Crippen LogP contribution in [0.2, 0.25) is 10.0 Å². The average Bonchev–Trinajstić information content (AvgIpc) is 3.05. The van der Waals surface area contributed by atoms with Crippen LogP contribution in [0.4, 0.5) is 15.8 Å². The number of nitrogens with one attached hydrogen (secondary N) is 2. The first-order chi connectivity index (χ1) is 14.3. The standard InChI is InChI=1S/C19H16Cl2FN5O2S/c1-27-15(9-16(28)24-14-8-4-5-11(20)18(14)21)25-26-19(27)30-10-17(29)23-13-7-3-2-6-12(13)22/h2-8H,9-10H2,1H3,(H,23,29)(H,24,28). The minimum atomic E-state index is -0.511. The number of benzene rings is 2. The number of halogens is 3. The van der Waals surface area contributed by atoms with Gasteiger partial charge in [0.25, 0.3) is 0 Å². The molecule has 2 N–H and O–H groups in total. The Kier molecular flexibility index (Phi) is 7.30. The molecule has 0 aliphatic rings. The van der Waals surface area contributed by atoms with E-state index in [1.807, 2.05) is 0 Å². The molecule has 3 rings (SSSR count). The highest BCUT2D eigenvalue weighted by molar-refractivity contribution is 7.99. The lowest BCUT2D eigenvalue weighted by molar-refractivity contribution is -0.116. The molecule has 0 unspecified atom stereocenters. The van der Waals surface area contributed by atoms with Crippen molar-refractivity contribution < 1.29 is 14.0 Å². The topological polar surface area (TPSA) is 88.9 Å². The molecule has 2 amide bonds. The second-order valence-electron chi connectivity index (χ2n) is 6.10. The molecule has 156 valence electrons. The lowest BCUT2D eigenvalue weighted by Gasteiger charge is -2.08. The fourth-order valence-electron chi connectivity index (χ4n) is 2.44. The number of carbonyl (C=O) groups excluding carboxylic acids is 2. The number of para-hydroxylation sites is 1. The van der Waals surface area contributed by atoms with Crippen LogP contribution < -0.4 is 10.6 Å². The Balaban J connectivity index is 1.56. The Morgan fingerprint density at radius 3 is 2.50 bits per heavy atom. The van der Waals surface area contributed by atoms with E-state index in [0.29, 0.717) is 21.7 Å². The number of rotatable bonds is 7. The normalized spacial score (nSPS) is 10.7. The van der Waals surface area contributed by atoms with Crippen LogP contribution in [0.1, 0.15) is 5.82 Å². The van der Waals surface area contributed by atoms with Crippen molar-refractivity contribution in [1.29, 1.82) is 0 Å². The molecule has 0 spiro atoms. The molecule has 1 heterocycles. The second-order valence-corrected chi connectivity index (χ2v) is 7.83. The zero-order chi connectivity index (χ0) is 21.7. The van der Waals surface area contributed by atoms with E-state index in [1.165, 1.54) is 18.2 Å². The second kappa shape index (κ2) is 9.92. The molecule has 0 atom stereocenters. The molecule has 2 aromatic carbocycles. The molecule has 0 bridgehead atoms. The summed E-state index contributed by atoms with van der Waals surface area (Å²) in [5, 5.41) is 14.2. The highest BCUT2D eigenvalue weighted by atomic mass is 35.5. The molecule has 7 nitrogen and oxygen atoms in total. The number of thioether (sulfide) groups is 1. The third-order valence-electron chi connectivity index (χ3n) is 3.95. The van der Waals surface area contributed by atoms with Crippen LogP contribution in [0, 0.1) is 5.82 Å². The van der Waals surface area contributed by atoms with Gasteiger partial charge < -0.3 is 15.2 Å². The Labute approximate surface area is 186 Å². The maximum Gasteiger partial charge on any atom is 0.234 e. The van der Waals surface area contributed by atoms with E-state index >= 15 is 0 Å². The van der Waals surface area contributed by atoms with Crippen molar-refractivity contribution in [3.63, 3.8) is 0 Å². The summed E-state index contributed by atoms with van der Waals surface area (Å²) >= 11 is 13.1. The van der Waals surface area contributed by atoms with Crippen LogP contribution in [0.25, 0.3) is 0 Å². The summed E-state index contributed by atoms with van der Waals surface area (Å²) in [4.78, 5) is 24.4. The lowest BCUT2D eigenvalue weighted by atomic mass is 10.3. The Bertz CT molecular complexity index is 1090. The van der Waals surface area contributed by atoms with Crippen LogP contribution in [0.5, 0.6) is 0 Å². The Hall–Kier alpha value is -2.62. The highest BCUT2D eigenvalue weighted by Crippen LogP contribution is 2.29. The molecule has 0 saturated heterocycles. The molecule has 30 heavy (non-hydrogen) atoms. The smallest absolute Gasteiger partial charge is 0.234 e. The third-order valence-corrected chi connectivity index (χ3v) is 5.79. The fourth-order valence-corrected chi connectivity index (χ4v) is 3.52. The van der Waals surface area contributed by atoms with Gasteiger partial charge in [0, 0.05) is 7.05 Å². The van der Waals surface area contributed by atoms with Gasteiger partial charge in [0.05, 0.1) is 33.6 Å². The third kappa shape index (κ3) is 5.50. The molecule has 11 heteroatoms. The van der Waals surface area contributed by atoms with Crippen molar-refractivity contribution in [3.05, 3.63) is 64.2 Å². The first kappa shape index (κ1) is 22.1. The number of aromatic nitrogens is 3. The quantitative estimate of drug-likeness (QED) is 0.508. The molecule has 0 aliphatic heterocycles. The van der Waals surface area contributed by atoms with Gasteiger partial charge in [0.2, 0.25) is 11.8 Å². The van der Waals surface area contributed by atoms with E-state index in [2.05, 4.69) is 20.8 Å². The van der Waals surface area contributed by atoms with Crippen LogP contribution in [-0.4, -0.2) is 32.3 Å². The number of nitrogens with zero attached hydrogens (tertiary/aromatic N) is 3. The minimum Gasteiger partial charge on any atom is -0.324 e. The van der Waals surface area contributed by atoms with Crippen molar-refractivity contribution in [2.75, 3.05) is 16.4 Å². The fraction of sp³-hybridized carbons (Fsp3) is 0.158. The summed E-state index contributed by atoms with van der Waals surface area (Å²) in [6, 6.07) is 10.8. The number of hydrogen-bond acceptors (Lipinski definition) is 5. The average molecular weight is 468 g/mol. The molecule has 0 aliphatic carbocycles. The van der Waals surface area contributed by atoms with Crippen LogP contribution in [0.15, 0.2) is 47.6 Å². The molecular formula is C19H16Cl2FN5O2S. The predicted molar refractivity (Wildman–Crippen MR) is 116 cm³/mol. The number of anilines is 2. The molecule has 1 aromatic heterocycles. The number of hydrogen-bond donors (Lipinski definition) is 2. The van der Waals surface area contributed by atoms with Gasteiger partial charge in [0.1, 0.15) is 11.6 Å². The van der Waals surface area contributed by atoms with Crippen molar-refractivity contribution in [2.24, 2.45) is 7.05 Å². The summed E-state index contributed by atoms with van der Waals surface area (Å²) < 4.78 is 15.2. The first-order valence-corrected chi connectivity index (χ1v) is 10.4. The van der Waals surface area contributed by atoms with Crippen molar-refractivity contribution in [3.8, 4) is 0 Å². The monoisotopic (exact) mass is 467 g/mol. The summed E-state index contributed by atoms with van der Waals surface area (Å²) in [5.41, 5.74) is 0.508. The van der Waals surface area contributed by atoms with E-state index in [4.69, 9.17) is 23.2 Å². The molecule has 0 fully saturated rings. The van der Waals surface area contributed by atoms with Crippen molar-refractivity contribution in [2.45, 2.75) is 11.6 Å². The summed E-state index contributed by atoms with van der Waals surface area (Å²) in [6.07, 6.45) is -0.0473. The SMILES string of the molecule is Cn1c(CC(=O)Nc2cccc(Cl)c2Cl)nnc1SCC(=O)Nc1ccccc1F. The summed E-state index contributed by atoms with van der Waals surface area (Å²) in [7, 11) is 1.69. The van der Waals surface area contributed by atoms with Crippen molar-refractivity contribution in [1.82, 2.24) is 14.8 Å². The van der Waals surface area contributed by atoms with Gasteiger partial charge >= 0.3 is 0 Å². The lowest BCUT2D eigenvalue weighted by Crippen LogP contribution is -2.17. The highest BCUT2D eigenvalue weighted by Gasteiger charge is 2.16. The van der Waals surface area contributed by atoms with Gasteiger partial charge in [-0.15, -0.1) is 10.2 Å². The van der Waals surface area contributed by atoms with Gasteiger partial charge in [0.15, 0.2) is 5.16 Å². The van der Waals surface area contributed by atoms with E-state index in [0.717, 1.165) is 11.8 Å². The van der Waals surface area contributed by atoms with Crippen LogP contribution in [0.3, 0.4) is 0 Å². The number of amides is 2. The zero-order valence-electron chi connectivity index (χ0n) is 15.7. The van der Waals surface area contributed by atoms with Gasteiger partial charge in [-0.25, -0.2) is 4.39 Å². The van der Waals surface area contributed by atoms with Crippen molar-refractivity contribution >= 4 is 58.2 Å². The number of carbonyl (C=O) groups is 2. The Morgan fingerprint density at radius 2 is 1.73 bits per heavy atom. The summed E-state index contributed by atoms with van der Waals surface area (Å²) in [5.74, 6) is -0.832. The van der Waals surface area contributed by atoms with Gasteiger partial charge in [-0.1, -0.05) is 53.2 Å². The Morgan fingerprint density at radius 1 is 1.03 bits per heavy atom. The van der Waals surface area contributed by atoms with Gasteiger partial charge in [-0.2, -0.15) is 0 Å². The van der Waals surface area contributed by atoms with E-state index in [1.54, 1.807) is 35.9 Å². The van der Waals surface area contributed by atoms with Crippen LogP contribution in [-0.2, 0) is 23.1 Å². The molecular weight excluding hydrogens is 452 g/mol. The molecule has 0 radical (unpaired) electrons. The first-order valence-electron chi connectivity index (χ1n) is 8.64. The predicted octanol–water partition coefficient (Wildman–Crippen LogP) is 4.17.